The molecule has 0 saturated carbocycles. The molecule has 0 bridgehead atoms. The van der Waals surface area contributed by atoms with Crippen molar-refractivity contribution >= 4 is 12.0 Å². The summed E-state index contributed by atoms with van der Waals surface area (Å²) in [5, 5.41) is 2.76. The van der Waals surface area contributed by atoms with Gasteiger partial charge >= 0.3 is 0 Å². The molecule has 2 rings (SSSR count). The number of ether oxygens (including phenoxy) is 2. The van der Waals surface area contributed by atoms with Crippen molar-refractivity contribution in [3.63, 3.8) is 0 Å². The second-order valence-electron chi connectivity index (χ2n) is 5.18. The minimum atomic E-state index is -0.452. The van der Waals surface area contributed by atoms with Gasteiger partial charge in [0, 0.05) is 31.3 Å². The van der Waals surface area contributed by atoms with Crippen LogP contribution in [0.3, 0.4) is 0 Å². The first-order valence-corrected chi connectivity index (χ1v) is 7.40. The van der Waals surface area contributed by atoms with Gasteiger partial charge in [0.05, 0.1) is 7.11 Å². The normalized spacial score (nSPS) is 12.0. The Labute approximate surface area is 140 Å². The van der Waals surface area contributed by atoms with Crippen LogP contribution in [0.25, 0.3) is 6.08 Å². The van der Waals surface area contributed by atoms with Crippen molar-refractivity contribution in [3.05, 3.63) is 54.0 Å². The van der Waals surface area contributed by atoms with Gasteiger partial charge in [0.2, 0.25) is 11.8 Å². The lowest BCUT2D eigenvalue weighted by atomic mass is 10.2. The van der Waals surface area contributed by atoms with Crippen LogP contribution in [0.5, 0.6) is 17.4 Å². The molecule has 0 unspecified atom stereocenters. The first-order chi connectivity index (χ1) is 11.5. The molecule has 0 saturated heterocycles. The topological polar surface area (TPSA) is 60.5 Å². The van der Waals surface area contributed by atoms with E-state index in [9.17, 15) is 9.18 Å². The molecule has 6 heteroatoms. The van der Waals surface area contributed by atoms with E-state index in [2.05, 4.69) is 10.3 Å². The van der Waals surface area contributed by atoms with Crippen LogP contribution in [-0.4, -0.2) is 24.0 Å². The maximum atomic E-state index is 13.4. The molecule has 1 N–H and O–H groups in total. The van der Waals surface area contributed by atoms with Crippen molar-refractivity contribution < 1.29 is 18.7 Å². The number of amides is 1. The zero-order chi connectivity index (χ0) is 17.5. The first kappa shape index (κ1) is 17.5. The van der Waals surface area contributed by atoms with Crippen LogP contribution in [0.4, 0.5) is 4.39 Å². The van der Waals surface area contributed by atoms with Gasteiger partial charge in [-0.25, -0.2) is 9.37 Å². The number of hydrogen-bond donors (Lipinski definition) is 1. The summed E-state index contributed by atoms with van der Waals surface area (Å²) >= 11 is 0. The zero-order valence-electron chi connectivity index (χ0n) is 13.7. The summed E-state index contributed by atoms with van der Waals surface area (Å²) in [7, 11) is 1.39. The molecule has 0 aliphatic rings. The molecule has 0 radical (unpaired) electrons. The monoisotopic (exact) mass is 330 g/mol. The number of halogens is 1. The molecular weight excluding hydrogens is 311 g/mol. The van der Waals surface area contributed by atoms with Crippen LogP contribution in [0.1, 0.15) is 19.4 Å². The van der Waals surface area contributed by atoms with Crippen LogP contribution in [0.15, 0.2) is 42.6 Å². The average Bonchev–Trinajstić information content (AvgIpc) is 2.55. The van der Waals surface area contributed by atoms with Crippen molar-refractivity contribution in [1.82, 2.24) is 10.3 Å². The smallest absolute Gasteiger partial charge is 0.219 e. The first-order valence-electron chi connectivity index (χ1n) is 7.40. The van der Waals surface area contributed by atoms with E-state index < -0.39 is 5.82 Å². The average molecular weight is 330 g/mol. The minimum Gasteiger partial charge on any atom is -0.494 e. The van der Waals surface area contributed by atoms with Crippen LogP contribution < -0.4 is 14.8 Å². The van der Waals surface area contributed by atoms with Crippen LogP contribution in [0, 0.1) is 5.82 Å². The lowest BCUT2D eigenvalue weighted by Gasteiger charge is -2.08. The molecule has 5 nitrogen and oxygen atoms in total. The number of benzene rings is 1. The van der Waals surface area contributed by atoms with Gasteiger partial charge in [0.15, 0.2) is 11.6 Å². The number of aromatic nitrogens is 1. The molecule has 0 aliphatic heterocycles. The van der Waals surface area contributed by atoms with E-state index in [1.54, 1.807) is 12.3 Å². The Hall–Kier alpha value is -2.89. The largest absolute Gasteiger partial charge is 0.494 e. The Morgan fingerprint density at radius 3 is 2.75 bits per heavy atom. The maximum absolute atomic E-state index is 13.4. The van der Waals surface area contributed by atoms with E-state index in [0.717, 1.165) is 5.56 Å². The van der Waals surface area contributed by atoms with Gasteiger partial charge in [0.25, 0.3) is 0 Å². The second-order valence-corrected chi connectivity index (χ2v) is 5.18. The van der Waals surface area contributed by atoms with E-state index in [1.807, 2.05) is 25.1 Å². The summed E-state index contributed by atoms with van der Waals surface area (Å²) < 4.78 is 23.8. The van der Waals surface area contributed by atoms with E-state index in [0.29, 0.717) is 11.6 Å². The third kappa shape index (κ3) is 5.08. The standard InChI is InChI=1S/C18H19FN2O3/c1-12(21-13(2)22)4-5-14-6-9-18(20-11-14)24-15-7-8-16(19)17(10-15)23-3/h4-12H,1-3H3,(H,21,22)/b5-4+/t12-/m0/s1. The fraction of sp³-hybridized carbons (Fsp3) is 0.222. The highest BCUT2D eigenvalue weighted by Gasteiger charge is 2.06. The fourth-order valence-electron chi connectivity index (χ4n) is 2.00. The van der Waals surface area contributed by atoms with Gasteiger partial charge < -0.3 is 14.8 Å². The van der Waals surface area contributed by atoms with Gasteiger partial charge in [-0.15, -0.1) is 0 Å². The SMILES string of the molecule is COc1cc(Oc2ccc(/C=C/[C@H](C)NC(C)=O)cn2)ccc1F. The number of hydrogen-bond acceptors (Lipinski definition) is 4. The molecule has 0 fully saturated rings. The van der Waals surface area contributed by atoms with Gasteiger partial charge in [-0.3, -0.25) is 4.79 Å². The Morgan fingerprint density at radius 2 is 2.12 bits per heavy atom. The summed E-state index contributed by atoms with van der Waals surface area (Å²) in [6.07, 6.45) is 5.37. The highest BCUT2D eigenvalue weighted by atomic mass is 19.1. The lowest BCUT2D eigenvalue weighted by Crippen LogP contribution is -2.28. The van der Waals surface area contributed by atoms with Gasteiger partial charge in [-0.1, -0.05) is 12.2 Å². The molecule has 0 spiro atoms. The summed E-state index contributed by atoms with van der Waals surface area (Å²) in [6, 6.07) is 7.71. The van der Waals surface area contributed by atoms with Crippen LogP contribution >= 0.6 is 0 Å². The number of methoxy groups -OCH3 is 1. The maximum Gasteiger partial charge on any atom is 0.219 e. The highest BCUT2D eigenvalue weighted by Crippen LogP contribution is 2.26. The molecule has 1 aromatic carbocycles. The Balaban J connectivity index is 2.02. The molecule has 1 heterocycles. The minimum absolute atomic E-state index is 0.0647. The number of carbonyl (C=O) groups excluding carboxylic acids is 1. The number of nitrogens with one attached hydrogen (secondary N) is 1. The van der Waals surface area contributed by atoms with Gasteiger partial charge in [0.1, 0.15) is 5.75 Å². The molecule has 1 atom stereocenters. The molecule has 24 heavy (non-hydrogen) atoms. The Bertz CT molecular complexity index is 730. The van der Waals surface area contributed by atoms with Crippen molar-refractivity contribution in [2.75, 3.05) is 7.11 Å². The van der Waals surface area contributed by atoms with Crippen molar-refractivity contribution in [2.24, 2.45) is 0 Å². The fourth-order valence-corrected chi connectivity index (χ4v) is 2.00. The number of pyridine rings is 1. The molecule has 1 amide bonds. The summed E-state index contributed by atoms with van der Waals surface area (Å²) in [4.78, 5) is 15.1. The summed E-state index contributed by atoms with van der Waals surface area (Å²) in [5.41, 5.74) is 0.872. The van der Waals surface area contributed by atoms with Gasteiger partial charge in [-0.2, -0.15) is 0 Å². The van der Waals surface area contributed by atoms with Crippen molar-refractivity contribution in [1.29, 1.82) is 0 Å². The van der Waals surface area contributed by atoms with Crippen molar-refractivity contribution in [3.8, 4) is 17.4 Å². The Morgan fingerprint density at radius 1 is 1.33 bits per heavy atom. The molecular formula is C18H19FN2O3. The third-order valence-electron chi connectivity index (χ3n) is 3.11. The number of nitrogens with zero attached hydrogens (tertiary/aromatic N) is 1. The van der Waals surface area contributed by atoms with Crippen LogP contribution in [0.2, 0.25) is 0 Å². The summed E-state index contributed by atoms with van der Waals surface area (Å²) in [6.45, 7) is 3.35. The number of rotatable bonds is 6. The number of carbonyl (C=O) groups is 1. The van der Waals surface area contributed by atoms with Crippen LogP contribution in [-0.2, 0) is 4.79 Å². The quantitative estimate of drug-likeness (QED) is 0.880. The Kier molecular flexibility index (Phi) is 5.89. The second kappa shape index (κ2) is 8.10. The van der Waals surface area contributed by atoms with E-state index in [-0.39, 0.29) is 17.7 Å². The molecule has 1 aromatic heterocycles. The molecule has 0 aliphatic carbocycles. The highest BCUT2D eigenvalue weighted by molar-refractivity contribution is 5.73. The van der Waals surface area contributed by atoms with E-state index in [4.69, 9.17) is 9.47 Å². The lowest BCUT2D eigenvalue weighted by molar-refractivity contribution is -0.119. The van der Waals surface area contributed by atoms with E-state index in [1.165, 1.54) is 32.2 Å². The molecule has 2 aromatic rings. The van der Waals surface area contributed by atoms with Crippen molar-refractivity contribution in [2.45, 2.75) is 19.9 Å². The third-order valence-corrected chi connectivity index (χ3v) is 3.11. The predicted molar refractivity (Wildman–Crippen MR) is 89.6 cm³/mol. The summed E-state index contributed by atoms with van der Waals surface area (Å²) in [5.74, 6) is 0.397. The molecule has 126 valence electrons. The van der Waals surface area contributed by atoms with Gasteiger partial charge in [-0.05, 0) is 30.7 Å². The zero-order valence-corrected chi connectivity index (χ0v) is 13.7. The predicted octanol–water partition coefficient (Wildman–Crippen LogP) is 3.56. The van der Waals surface area contributed by atoms with E-state index >= 15 is 0 Å².